The molecule has 8 heteroatoms. The van der Waals surface area contributed by atoms with Crippen molar-refractivity contribution in [3.63, 3.8) is 0 Å². The van der Waals surface area contributed by atoms with Gasteiger partial charge in [0.15, 0.2) is 0 Å². The van der Waals surface area contributed by atoms with Gasteiger partial charge in [0.05, 0.1) is 11.4 Å². The number of amides is 1. The van der Waals surface area contributed by atoms with E-state index in [1.165, 1.54) is 17.0 Å². The van der Waals surface area contributed by atoms with E-state index in [1.807, 2.05) is 31.2 Å². The van der Waals surface area contributed by atoms with Crippen molar-refractivity contribution in [1.29, 1.82) is 0 Å². The number of nitrogens with zero attached hydrogens (tertiary/aromatic N) is 1. The third kappa shape index (κ3) is 4.00. The van der Waals surface area contributed by atoms with Crippen molar-refractivity contribution in [1.82, 2.24) is 4.72 Å². The first-order valence-corrected chi connectivity index (χ1v) is 9.93. The molecule has 6 nitrogen and oxygen atoms in total. The number of carbonyl (C=O) groups excluding carboxylic acids is 1. The van der Waals surface area contributed by atoms with Gasteiger partial charge in [-0.1, -0.05) is 29.8 Å². The van der Waals surface area contributed by atoms with Crippen molar-refractivity contribution in [2.75, 3.05) is 18.0 Å². The summed E-state index contributed by atoms with van der Waals surface area (Å²) in [6.45, 7) is 3.99. The molecular weight excluding hydrogens is 376 g/mol. The van der Waals surface area contributed by atoms with Crippen LogP contribution in [0.3, 0.4) is 0 Å². The number of rotatable bonds is 5. The van der Waals surface area contributed by atoms with Crippen LogP contribution >= 0.6 is 11.6 Å². The summed E-state index contributed by atoms with van der Waals surface area (Å²) in [5.74, 6) is 0. The Bertz CT molecular complexity index is 946. The molecule has 1 unspecified atom stereocenters. The monoisotopic (exact) mass is 394 g/mol. The van der Waals surface area contributed by atoms with Crippen molar-refractivity contribution < 1.29 is 17.9 Å². The number of sulfonamides is 1. The van der Waals surface area contributed by atoms with Gasteiger partial charge in [-0.2, -0.15) is 0 Å². The summed E-state index contributed by atoms with van der Waals surface area (Å²) >= 11 is 6.00. The zero-order valence-corrected chi connectivity index (χ0v) is 16.0. The average molecular weight is 395 g/mol. The molecule has 1 atom stereocenters. The van der Waals surface area contributed by atoms with Crippen LogP contribution in [0.25, 0.3) is 0 Å². The summed E-state index contributed by atoms with van der Waals surface area (Å²) in [7, 11) is -3.74. The molecule has 3 rings (SSSR count). The van der Waals surface area contributed by atoms with E-state index in [1.54, 1.807) is 13.0 Å². The molecule has 26 heavy (non-hydrogen) atoms. The van der Waals surface area contributed by atoms with Crippen LogP contribution in [0.4, 0.5) is 10.5 Å². The normalized spacial score (nSPS) is 17.4. The fourth-order valence-electron chi connectivity index (χ4n) is 2.66. The van der Waals surface area contributed by atoms with E-state index in [0.717, 1.165) is 16.8 Å². The highest BCUT2D eigenvalue weighted by atomic mass is 35.5. The van der Waals surface area contributed by atoms with Crippen molar-refractivity contribution in [2.45, 2.75) is 24.8 Å². The standard InChI is InChI=1S/C18H19ClN2O4S/c1-12-4-3-5-14(8-12)21-11-15(25-18(21)22)10-20-26(23,24)16-7-6-13(2)17(19)9-16/h3-9,15,20H,10-11H2,1-2H3. The van der Waals surface area contributed by atoms with Gasteiger partial charge in [-0.25, -0.2) is 17.9 Å². The van der Waals surface area contributed by atoms with E-state index in [4.69, 9.17) is 16.3 Å². The Balaban J connectivity index is 1.66. The van der Waals surface area contributed by atoms with Crippen LogP contribution in [0.15, 0.2) is 47.4 Å². The summed E-state index contributed by atoms with van der Waals surface area (Å²) in [5.41, 5.74) is 2.55. The second-order valence-electron chi connectivity index (χ2n) is 6.22. The Morgan fingerprint density at radius 2 is 2.00 bits per heavy atom. The molecular formula is C18H19ClN2O4S. The topological polar surface area (TPSA) is 75.7 Å². The molecule has 1 N–H and O–H groups in total. The van der Waals surface area contributed by atoms with E-state index < -0.39 is 22.2 Å². The van der Waals surface area contributed by atoms with Crippen LogP contribution in [0, 0.1) is 13.8 Å². The van der Waals surface area contributed by atoms with Crippen molar-refractivity contribution in [3.8, 4) is 0 Å². The highest BCUT2D eigenvalue weighted by Gasteiger charge is 2.33. The number of anilines is 1. The quantitative estimate of drug-likeness (QED) is 0.844. The number of hydrogen-bond acceptors (Lipinski definition) is 4. The van der Waals surface area contributed by atoms with Crippen molar-refractivity contribution in [2.24, 2.45) is 0 Å². The molecule has 0 aromatic heterocycles. The third-order valence-corrected chi connectivity index (χ3v) is 5.97. The molecule has 1 heterocycles. The van der Waals surface area contributed by atoms with Crippen LogP contribution < -0.4 is 9.62 Å². The maximum absolute atomic E-state index is 12.4. The highest BCUT2D eigenvalue weighted by molar-refractivity contribution is 7.89. The molecule has 2 aromatic carbocycles. The van der Waals surface area contributed by atoms with E-state index in [0.29, 0.717) is 5.02 Å². The smallest absolute Gasteiger partial charge is 0.414 e. The van der Waals surface area contributed by atoms with E-state index in [-0.39, 0.29) is 18.0 Å². The number of halogens is 1. The van der Waals surface area contributed by atoms with E-state index in [9.17, 15) is 13.2 Å². The summed E-state index contributed by atoms with van der Waals surface area (Å²) in [5, 5.41) is 0.380. The van der Waals surface area contributed by atoms with Gasteiger partial charge in [0, 0.05) is 17.3 Å². The molecule has 1 aliphatic heterocycles. The van der Waals surface area contributed by atoms with Crippen LogP contribution in [0.2, 0.25) is 5.02 Å². The van der Waals surface area contributed by atoms with Gasteiger partial charge >= 0.3 is 6.09 Å². The van der Waals surface area contributed by atoms with E-state index >= 15 is 0 Å². The lowest BCUT2D eigenvalue weighted by atomic mass is 10.2. The largest absolute Gasteiger partial charge is 0.443 e. The first-order valence-electron chi connectivity index (χ1n) is 8.07. The SMILES string of the molecule is Cc1cccc(N2CC(CNS(=O)(=O)c3ccc(C)c(Cl)c3)OC2=O)c1. The molecule has 1 saturated heterocycles. The number of cyclic esters (lactones) is 1. The Morgan fingerprint density at radius 3 is 2.69 bits per heavy atom. The third-order valence-electron chi connectivity index (χ3n) is 4.14. The number of nitrogens with one attached hydrogen (secondary N) is 1. The highest BCUT2D eigenvalue weighted by Crippen LogP contribution is 2.23. The molecule has 2 aromatic rings. The predicted octanol–water partition coefficient (Wildman–Crippen LogP) is 3.26. The summed E-state index contributed by atoms with van der Waals surface area (Å²) in [4.78, 5) is 13.7. The van der Waals surface area contributed by atoms with Crippen LogP contribution in [-0.2, 0) is 14.8 Å². The molecule has 0 spiro atoms. The Hall–Kier alpha value is -2.09. The van der Waals surface area contributed by atoms with Crippen molar-refractivity contribution in [3.05, 3.63) is 58.6 Å². The van der Waals surface area contributed by atoms with Crippen LogP contribution in [-0.4, -0.2) is 33.7 Å². The summed E-state index contributed by atoms with van der Waals surface area (Å²) in [6.07, 6.45) is -1.06. The number of ether oxygens (including phenoxy) is 1. The van der Waals surface area contributed by atoms with E-state index in [2.05, 4.69) is 4.72 Å². The Labute approximate surface area is 157 Å². The lowest BCUT2D eigenvalue weighted by Crippen LogP contribution is -2.34. The number of carbonyl (C=O) groups is 1. The second-order valence-corrected chi connectivity index (χ2v) is 8.39. The number of aryl methyl sites for hydroxylation is 2. The maximum Gasteiger partial charge on any atom is 0.414 e. The summed E-state index contributed by atoms with van der Waals surface area (Å²) in [6, 6.07) is 12.0. The first kappa shape index (κ1) is 18.7. The van der Waals surface area contributed by atoms with Gasteiger partial charge in [-0.15, -0.1) is 0 Å². The lowest BCUT2D eigenvalue weighted by Gasteiger charge is -2.14. The molecule has 1 aliphatic rings. The molecule has 0 aliphatic carbocycles. The van der Waals surface area contributed by atoms with Crippen molar-refractivity contribution >= 4 is 33.4 Å². The van der Waals surface area contributed by atoms with Crippen LogP contribution in [0.1, 0.15) is 11.1 Å². The molecule has 0 saturated carbocycles. The maximum atomic E-state index is 12.4. The molecule has 138 valence electrons. The van der Waals surface area contributed by atoms with Gasteiger partial charge in [-0.3, -0.25) is 4.90 Å². The van der Waals surface area contributed by atoms with Crippen LogP contribution in [0.5, 0.6) is 0 Å². The minimum atomic E-state index is -3.74. The minimum Gasteiger partial charge on any atom is -0.443 e. The van der Waals surface area contributed by atoms with Gasteiger partial charge in [0.25, 0.3) is 0 Å². The minimum absolute atomic E-state index is 0.0120. The molecule has 0 radical (unpaired) electrons. The first-order chi connectivity index (χ1) is 12.3. The number of hydrogen-bond donors (Lipinski definition) is 1. The predicted molar refractivity (Wildman–Crippen MR) is 100 cm³/mol. The Morgan fingerprint density at radius 1 is 1.23 bits per heavy atom. The van der Waals surface area contributed by atoms with Gasteiger partial charge in [-0.05, 0) is 49.2 Å². The fourth-order valence-corrected chi connectivity index (χ4v) is 4.00. The second kappa shape index (κ2) is 7.26. The molecule has 0 bridgehead atoms. The zero-order chi connectivity index (χ0) is 18.9. The molecule has 1 amide bonds. The molecule has 1 fully saturated rings. The zero-order valence-electron chi connectivity index (χ0n) is 14.4. The van der Waals surface area contributed by atoms with Gasteiger partial charge in [0.1, 0.15) is 6.10 Å². The fraction of sp³-hybridized carbons (Fsp3) is 0.278. The average Bonchev–Trinajstić information content (AvgIpc) is 2.96. The van der Waals surface area contributed by atoms with Gasteiger partial charge < -0.3 is 4.74 Å². The number of benzene rings is 2. The Kier molecular flexibility index (Phi) is 5.22. The summed E-state index contributed by atoms with van der Waals surface area (Å²) < 4.78 is 32.6. The van der Waals surface area contributed by atoms with Gasteiger partial charge in [0.2, 0.25) is 10.0 Å². The lowest BCUT2D eigenvalue weighted by molar-refractivity contribution is 0.143.